The Hall–Kier alpha value is -4.17. The molecule has 0 atom stereocenters. The van der Waals surface area contributed by atoms with Gasteiger partial charge in [0, 0.05) is 34.4 Å². The average molecular weight is 485 g/mol. The normalized spacial score (nSPS) is 12.2. The molecule has 0 radical (unpaired) electrons. The number of amides is 1. The van der Waals surface area contributed by atoms with Crippen molar-refractivity contribution in [1.29, 1.82) is 0 Å². The summed E-state index contributed by atoms with van der Waals surface area (Å²) in [5, 5.41) is 3.57. The number of esters is 1. The fourth-order valence-electron chi connectivity index (χ4n) is 4.00. The number of carbonyl (C=O) groups is 4. The van der Waals surface area contributed by atoms with Crippen LogP contribution in [0.25, 0.3) is 10.2 Å². The lowest BCUT2D eigenvalue weighted by atomic mass is 9.84. The number of aromatic nitrogens is 1. The molecule has 1 aliphatic rings. The van der Waals surface area contributed by atoms with Crippen molar-refractivity contribution in [2.24, 2.45) is 0 Å². The third kappa shape index (κ3) is 4.74. The van der Waals surface area contributed by atoms with Gasteiger partial charge in [0.05, 0.1) is 15.2 Å². The van der Waals surface area contributed by atoms with Crippen molar-refractivity contribution in [3.8, 4) is 0 Å². The van der Waals surface area contributed by atoms with Gasteiger partial charge in [0.25, 0.3) is 5.91 Å². The van der Waals surface area contributed by atoms with Crippen LogP contribution in [0.2, 0.25) is 0 Å². The molecule has 0 aliphatic heterocycles. The summed E-state index contributed by atoms with van der Waals surface area (Å²) in [5.41, 5.74) is 2.54. The minimum atomic E-state index is -0.528. The van der Waals surface area contributed by atoms with Crippen LogP contribution in [0.1, 0.15) is 49.7 Å². The third-order valence-corrected chi connectivity index (χ3v) is 6.78. The summed E-state index contributed by atoms with van der Waals surface area (Å²) in [6, 6.07) is 19.1. The fourth-order valence-corrected chi connectivity index (χ4v) is 5.01. The number of hydrogen-bond donors (Lipinski definition) is 1. The molecule has 3 aromatic carbocycles. The van der Waals surface area contributed by atoms with Gasteiger partial charge in [-0.15, -0.1) is 11.3 Å². The van der Waals surface area contributed by atoms with Crippen LogP contribution in [0, 0.1) is 0 Å². The van der Waals surface area contributed by atoms with Crippen molar-refractivity contribution in [3.05, 3.63) is 94.0 Å². The highest BCUT2D eigenvalue weighted by Crippen LogP contribution is 2.29. The highest BCUT2D eigenvalue weighted by atomic mass is 32.1. The van der Waals surface area contributed by atoms with Crippen molar-refractivity contribution in [1.82, 2.24) is 4.98 Å². The van der Waals surface area contributed by atoms with E-state index in [0.717, 1.165) is 15.2 Å². The molecule has 0 saturated heterocycles. The molecule has 0 bridgehead atoms. The molecule has 1 N–H and O–H groups in total. The second kappa shape index (κ2) is 9.60. The molecule has 1 aromatic heterocycles. The second-order valence-electron chi connectivity index (χ2n) is 8.10. The minimum absolute atomic E-state index is 0.179. The number of anilines is 1. The zero-order chi connectivity index (χ0) is 24.4. The van der Waals surface area contributed by atoms with E-state index in [2.05, 4.69) is 10.3 Å². The molecule has 0 saturated carbocycles. The van der Waals surface area contributed by atoms with E-state index in [9.17, 15) is 19.2 Å². The predicted molar refractivity (Wildman–Crippen MR) is 132 cm³/mol. The van der Waals surface area contributed by atoms with Crippen molar-refractivity contribution in [2.75, 3.05) is 11.9 Å². The first kappa shape index (κ1) is 22.6. The van der Waals surface area contributed by atoms with Crippen LogP contribution in [0.4, 0.5) is 5.69 Å². The maximum atomic E-state index is 12.8. The van der Waals surface area contributed by atoms with Gasteiger partial charge in [-0.05, 0) is 43.2 Å². The lowest BCUT2D eigenvalue weighted by Gasteiger charge is -2.18. The average Bonchev–Trinajstić information content (AvgIpc) is 3.29. The summed E-state index contributed by atoms with van der Waals surface area (Å²) in [6.45, 7) is -0.438. The monoisotopic (exact) mass is 484 g/mol. The number of rotatable bonds is 7. The van der Waals surface area contributed by atoms with Crippen molar-refractivity contribution in [2.45, 2.75) is 19.3 Å². The van der Waals surface area contributed by atoms with Gasteiger partial charge in [0.2, 0.25) is 0 Å². The Morgan fingerprint density at radius 2 is 1.54 bits per heavy atom. The van der Waals surface area contributed by atoms with Crippen LogP contribution < -0.4 is 5.32 Å². The molecule has 7 nitrogen and oxygen atoms in total. The second-order valence-corrected chi connectivity index (χ2v) is 9.22. The molecule has 5 rings (SSSR count). The number of aryl methyl sites for hydroxylation is 1. The summed E-state index contributed by atoms with van der Waals surface area (Å²) >= 11 is 1.60. The van der Waals surface area contributed by atoms with Gasteiger partial charge in [-0.3, -0.25) is 19.2 Å². The van der Waals surface area contributed by atoms with E-state index in [-0.39, 0.29) is 23.6 Å². The van der Waals surface area contributed by atoms with Crippen LogP contribution in [-0.4, -0.2) is 35.0 Å². The molecule has 1 heterocycles. The van der Waals surface area contributed by atoms with Crippen LogP contribution in [0.3, 0.4) is 0 Å². The Morgan fingerprint density at radius 3 is 2.31 bits per heavy atom. The maximum Gasteiger partial charge on any atom is 0.306 e. The first-order chi connectivity index (χ1) is 17.0. The first-order valence-electron chi connectivity index (χ1n) is 11.1. The highest BCUT2D eigenvalue weighted by Gasteiger charge is 2.29. The van der Waals surface area contributed by atoms with Gasteiger partial charge in [-0.25, -0.2) is 4.98 Å². The van der Waals surface area contributed by atoms with E-state index in [0.29, 0.717) is 35.2 Å². The van der Waals surface area contributed by atoms with E-state index < -0.39 is 18.5 Å². The largest absolute Gasteiger partial charge is 0.456 e. The van der Waals surface area contributed by atoms with E-state index in [4.69, 9.17) is 4.74 Å². The number of thiazole rings is 1. The van der Waals surface area contributed by atoms with Crippen LogP contribution in [0.5, 0.6) is 0 Å². The van der Waals surface area contributed by atoms with E-state index in [1.807, 2.05) is 24.3 Å². The van der Waals surface area contributed by atoms with Gasteiger partial charge in [-0.1, -0.05) is 36.4 Å². The van der Waals surface area contributed by atoms with E-state index in [1.54, 1.807) is 41.7 Å². The Morgan fingerprint density at radius 1 is 0.857 bits per heavy atom. The predicted octanol–water partition coefficient (Wildman–Crippen LogP) is 4.58. The quantitative estimate of drug-likeness (QED) is 0.339. The summed E-state index contributed by atoms with van der Waals surface area (Å²) < 4.78 is 6.19. The number of fused-ring (bicyclic) bond motifs is 3. The number of benzene rings is 3. The third-order valence-electron chi connectivity index (χ3n) is 5.68. The summed E-state index contributed by atoms with van der Waals surface area (Å²) in [6.07, 6.45) is 1.41. The molecule has 1 amide bonds. The lowest BCUT2D eigenvalue weighted by Crippen LogP contribution is -2.23. The highest BCUT2D eigenvalue weighted by molar-refractivity contribution is 7.18. The maximum absolute atomic E-state index is 12.8. The SMILES string of the molecule is O=C(COC(=O)CCCc1nc2ccccc2s1)Nc1ccc2c(c1)C(=O)c1ccccc1C2=O. The number of hydrogen-bond acceptors (Lipinski definition) is 7. The van der Waals surface area contributed by atoms with Gasteiger partial charge >= 0.3 is 5.97 Å². The number of nitrogens with one attached hydrogen (secondary N) is 1. The smallest absolute Gasteiger partial charge is 0.306 e. The molecule has 0 unspecified atom stereocenters. The molecule has 8 heteroatoms. The standard InChI is InChI=1S/C27H20N2O5S/c30-23(15-34-25(31)11-5-10-24-29-21-8-3-4-9-22(21)35-24)28-16-12-13-19-20(14-16)27(33)18-7-2-1-6-17(18)26(19)32/h1-4,6-9,12-14H,5,10-11,15H2,(H,28,30). The number of ether oxygens (including phenoxy) is 1. The summed E-state index contributed by atoms with van der Waals surface area (Å²) in [7, 11) is 0. The lowest BCUT2D eigenvalue weighted by molar-refractivity contribution is -0.147. The molecule has 35 heavy (non-hydrogen) atoms. The van der Waals surface area contributed by atoms with E-state index in [1.165, 1.54) is 12.1 Å². The van der Waals surface area contributed by atoms with Crippen LogP contribution >= 0.6 is 11.3 Å². The zero-order valence-corrected chi connectivity index (χ0v) is 19.4. The van der Waals surface area contributed by atoms with Gasteiger partial charge in [-0.2, -0.15) is 0 Å². The Kier molecular flexibility index (Phi) is 6.20. The Bertz CT molecular complexity index is 1460. The molecule has 174 valence electrons. The number of ketones is 2. The molecular weight excluding hydrogens is 464 g/mol. The number of para-hydroxylation sites is 1. The Balaban J connectivity index is 1.12. The molecular formula is C27H20N2O5S. The fraction of sp³-hybridized carbons (Fsp3) is 0.148. The number of nitrogens with zero attached hydrogens (tertiary/aromatic N) is 1. The van der Waals surface area contributed by atoms with Gasteiger partial charge < -0.3 is 10.1 Å². The topological polar surface area (TPSA) is 102 Å². The van der Waals surface area contributed by atoms with Crippen molar-refractivity contribution >= 4 is 50.7 Å². The van der Waals surface area contributed by atoms with Crippen LogP contribution in [-0.2, 0) is 20.7 Å². The van der Waals surface area contributed by atoms with Crippen molar-refractivity contribution in [3.63, 3.8) is 0 Å². The molecule has 1 aliphatic carbocycles. The van der Waals surface area contributed by atoms with Crippen LogP contribution in [0.15, 0.2) is 66.7 Å². The van der Waals surface area contributed by atoms with E-state index >= 15 is 0 Å². The van der Waals surface area contributed by atoms with Gasteiger partial charge in [0.15, 0.2) is 18.2 Å². The zero-order valence-electron chi connectivity index (χ0n) is 18.6. The summed E-state index contributed by atoms with van der Waals surface area (Å²) in [5.74, 6) is -1.50. The first-order valence-corrected chi connectivity index (χ1v) is 11.9. The van der Waals surface area contributed by atoms with Gasteiger partial charge in [0.1, 0.15) is 0 Å². The Labute approximate surface area is 204 Å². The minimum Gasteiger partial charge on any atom is -0.456 e. The molecule has 0 spiro atoms. The molecule has 0 fully saturated rings. The summed E-state index contributed by atoms with van der Waals surface area (Å²) in [4.78, 5) is 54.4. The van der Waals surface area contributed by atoms with Crippen molar-refractivity contribution < 1.29 is 23.9 Å². The number of carbonyl (C=O) groups excluding carboxylic acids is 4. The molecule has 4 aromatic rings.